The fraction of sp³-hybridized carbons (Fsp3) is 0.316. The summed E-state index contributed by atoms with van der Waals surface area (Å²) in [5, 5.41) is 10.6. The maximum absolute atomic E-state index is 13.2. The van der Waals surface area contributed by atoms with Crippen molar-refractivity contribution >= 4 is 17.5 Å². The van der Waals surface area contributed by atoms with Crippen LogP contribution in [0.3, 0.4) is 0 Å². The molecule has 23 heavy (non-hydrogen) atoms. The summed E-state index contributed by atoms with van der Waals surface area (Å²) in [5.74, 6) is 1.42. The first-order valence-corrected chi connectivity index (χ1v) is 8.78. The number of benzene rings is 2. The molecule has 0 amide bonds. The van der Waals surface area contributed by atoms with Gasteiger partial charge in [-0.05, 0) is 18.1 Å². The maximum Gasteiger partial charge on any atom is 0.173 e. The van der Waals surface area contributed by atoms with E-state index in [9.17, 15) is 9.90 Å². The SMILES string of the molecule is COc1ccccc1[C@H]1SC[C@@H](O)[C@@]12Cc1ccccc1C2=O. The lowest BCUT2D eigenvalue weighted by molar-refractivity contribution is 0.0433. The van der Waals surface area contributed by atoms with Crippen LogP contribution in [0.2, 0.25) is 0 Å². The Labute approximate surface area is 139 Å². The van der Waals surface area contributed by atoms with Crippen molar-refractivity contribution in [2.24, 2.45) is 5.41 Å². The highest BCUT2D eigenvalue weighted by atomic mass is 32.2. The number of rotatable bonds is 2. The van der Waals surface area contributed by atoms with E-state index < -0.39 is 11.5 Å². The zero-order valence-electron chi connectivity index (χ0n) is 12.9. The molecule has 4 rings (SSSR count). The summed E-state index contributed by atoms with van der Waals surface area (Å²) in [6, 6.07) is 15.5. The molecule has 1 aliphatic heterocycles. The van der Waals surface area contributed by atoms with Crippen molar-refractivity contribution in [3.63, 3.8) is 0 Å². The lowest BCUT2D eigenvalue weighted by Gasteiger charge is -2.32. The predicted molar refractivity (Wildman–Crippen MR) is 91.1 cm³/mol. The number of carbonyl (C=O) groups excluding carboxylic acids is 1. The second-order valence-corrected chi connectivity index (χ2v) is 7.31. The largest absolute Gasteiger partial charge is 0.496 e. The molecule has 1 N–H and O–H groups in total. The van der Waals surface area contributed by atoms with Crippen LogP contribution < -0.4 is 4.74 Å². The van der Waals surface area contributed by atoms with Gasteiger partial charge in [-0.2, -0.15) is 0 Å². The number of aliphatic hydroxyl groups excluding tert-OH is 1. The van der Waals surface area contributed by atoms with Crippen LogP contribution in [-0.2, 0) is 6.42 Å². The fourth-order valence-corrected chi connectivity index (χ4v) is 5.62. The Morgan fingerprint density at radius 3 is 2.70 bits per heavy atom. The molecule has 118 valence electrons. The van der Waals surface area contributed by atoms with Gasteiger partial charge in [0.25, 0.3) is 0 Å². The number of aliphatic hydroxyl groups is 1. The van der Waals surface area contributed by atoms with Crippen molar-refractivity contribution < 1.29 is 14.6 Å². The Bertz CT molecular complexity index is 773. The quantitative estimate of drug-likeness (QED) is 0.920. The van der Waals surface area contributed by atoms with Crippen molar-refractivity contribution in [1.29, 1.82) is 0 Å². The molecule has 4 heteroatoms. The van der Waals surface area contributed by atoms with E-state index in [4.69, 9.17) is 4.74 Å². The van der Waals surface area contributed by atoms with Gasteiger partial charge in [0.1, 0.15) is 5.75 Å². The molecular weight excluding hydrogens is 308 g/mol. The van der Waals surface area contributed by atoms with Gasteiger partial charge in [-0.1, -0.05) is 42.5 Å². The number of carbonyl (C=O) groups is 1. The molecule has 1 saturated heterocycles. The Hall–Kier alpha value is -1.78. The highest BCUT2D eigenvalue weighted by Gasteiger charge is 2.60. The number of thioether (sulfide) groups is 1. The molecule has 1 heterocycles. The zero-order chi connectivity index (χ0) is 16.0. The number of hydrogen-bond donors (Lipinski definition) is 1. The van der Waals surface area contributed by atoms with Crippen molar-refractivity contribution in [2.45, 2.75) is 17.8 Å². The monoisotopic (exact) mass is 326 g/mol. The van der Waals surface area contributed by atoms with Gasteiger partial charge in [0, 0.05) is 22.1 Å². The van der Waals surface area contributed by atoms with Crippen LogP contribution in [0.1, 0.15) is 26.7 Å². The number of para-hydroxylation sites is 1. The summed E-state index contributed by atoms with van der Waals surface area (Å²) in [4.78, 5) is 13.2. The van der Waals surface area contributed by atoms with Crippen LogP contribution in [0.5, 0.6) is 5.75 Å². The smallest absolute Gasteiger partial charge is 0.173 e. The van der Waals surface area contributed by atoms with E-state index in [0.717, 1.165) is 22.4 Å². The first kappa shape index (κ1) is 14.8. The lowest BCUT2D eigenvalue weighted by Crippen LogP contribution is -2.41. The molecule has 2 aromatic rings. The van der Waals surface area contributed by atoms with Crippen molar-refractivity contribution in [3.8, 4) is 5.75 Å². The van der Waals surface area contributed by atoms with Gasteiger partial charge in [-0.25, -0.2) is 0 Å². The number of ether oxygens (including phenoxy) is 1. The molecule has 0 bridgehead atoms. The standard InChI is InChI=1S/C19H18O3S/c1-22-15-9-5-4-8-14(15)18-19(16(20)11-23-18)10-12-6-2-3-7-13(12)17(19)21/h2-9,16,18,20H,10-11H2,1H3/t16-,18-,19-/m1/s1. The van der Waals surface area contributed by atoms with Gasteiger partial charge in [-0.3, -0.25) is 4.79 Å². The minimum absolute atomic E-state index is 0.0708. The second-order valence-electron chi connectivity index (χ2n) is 6.17. The van der Waals surface area contributed by atoms with Crippen molar-refractivity contribution in [2.75, 3.05) is 12.9 Å². The third-order valence-electron chi connectivity index (χ3n) is 5.07. The first-order chi connectivity index (χ1) is 11.2. The average Bonchev–Trinajstić information content (AvgIpc) is 3.07. The van der Waals surface area contributed by atoms with Gasteiger partial charge < -0.3 is 9.84 Å². The molecule has 1 aliphatic carbocycles. The first-order valence-electron chi connectivity index (χ1n) is 7.74. The molecule has 3 nitrogen and oxygen atoms in total. The van der Waals surface area contributed by atoms with Gasteiger partial charge in [0.05, 0.1) is 18.6 Å². The Morgan fingerprint density at radius 1 is 1.17 bits per heavy atom. The predicted octanol–water partition coefficient (Wildman–Crippen LogP) is 3.27. The summed E-state index contributed by atoms with van der Waals surface area (Å²) in [6.07, 6.45) is -0.0406. The van der Waals surface area contributed by atoms with E-state index in [1.165, 1.54) is 0 Å². The molecule has 1 spiro atoms. The zero-order valence-corrected chi connectivity index (χ0v) is 13.7. The summed E-state index contributed by atoms with van der Waals surface area (Å²) < 4.78 is 5.50. The van der Waals surface area contributed by atoms with Crippen molar-refractivity contribution in [1.82, 2.24) is 0 Å². The number of hydrogen-bond acceptors (Lipinski definition) is 4. The molecule has 0 saturated carbocycles. The minimum Gasteiger partial charge on any atom is -0.496 e. The van der Waals surface area contributed by atoms with Crippen LogP contribution in [0.4, 0.5) is 0 Å². The lowest BCUT2D eigenvalue weighted by atomic mass is 9.73. The highest BCUT2D eigenvalue weighted by Crippen LogP contribution is 2.60. The van der Waals surface area contributed by atoms with E-state index in [2.05, 4.69) is 0 Å². The molecular formula is C19H18O3S. The van der Waals surface area contributed by atoms with E-state index in [1.807, 2.05) is 48.5 Å². The summed E-state index contributed by atoms with van der Waals surface area (Å²) in [7, 11) is 1.65. The molecule has 1 fully saturated rings. The maximum atomic E-state index is 13.2. The number of methoxy groups -OCH3 is 1. The van der Waals surface area contributed by atoms with E-state index >= 15 is 0 Å². The topological polar surface area (TPSA) is 46.5 Å². The Kier molecular flexibility index (Phi) is 3.47. The molecule has 2 aliphatic rings. The Balaban J connectivity index is 1.85. The number of Topliss-reactive ketones (excluding diaryl/α,β-unsaturated/α-hetero) is 1. The fourth-order valence-electron chi connectivity index (χ4n) is 3.93. The molecule has 2 aromatic carbocycles. The molecule has 3 atom stereocenters. The van der Waals surface area contributed by atoms with Crippen molar-refractivity contribution in [3.05, 3.63) is 65.2 Å². The minimum atomic E-state index is -0.775. The van der Waals surface area contributed by atoms with Crippen LogP contribution in [-0.4, -0.2) is 29.9 Å². The van der Waals surface area contributed by atoms with E-state index in [0.29, 0.717) is 12.2 Å². The highest BCUT2D eigenvalue weighted by molar-refractivity contribution is 7.99. The normalized spacial score (nSPS) is 29.0. The second kappa shape index (κ2) is 5.39. The van der Waals surface area contributed by atoms with Crippen LogP contribution in [0.15, 0.2) is 48.5 Å². The van der Waals surface area contributed by atoms with Crippen LogP contribution in [0, 0.1) is 5.41 Å². The van der Waals surface area contributed by atoms with Crippen LogP contribution >= 0.6 is 11.8 Å². The van der Waals surface area contributed by atoms with Crippen LogP contribution in [0.25, 0.3) is 0 Å². The number of ketones is 1. The summed E-state index contributed by atoms with van der Waals surface area (Å²) in [6.45, 7) is 0. The molecule has 0 aromatic heterocycles. The third-order valence-corrected chi connectivity index (χ3v) is 6.59. The van der Waals surface area contributed by atoms with Gasteiger partial charge in [0.2, 0.25) is 0 Å². The van der Waals surface area contributed by atoms with Gasteiger partial charge in [0.15, 0.2) is 5.78 Å². The summed E-state index contributed by atoms with van der Waals surface area (Å²) >= 11 is 1.65. The average molecular weight is 326 g/mol. The summed E-state index contributed by atoms with van der Waals surface area (Å²) in [5.41, 5.74) is 2.02. The number of fused-ring (bicyclic) bond motifs is 1. The molecule has 0 radical (unpaired) electrons. The Morgan fingerprint density at radius 2 is 1.91 bits per heavy atom. The van der Waals surface area contributed by atoms with E-state index in [-0.39, 0.29) is 11.0 Å². The van der Waals surface area contributed by atoms with E-state index in [1.54, 1.807) is 18.9 Å². The third kappa shape index (κ3) is 1.98. The van der Waals surface area contributed by atoms with Gasteiger partial charge in [-0.15, -0.1) is 11.8 Å². The molecule has 0 unspecified atom stereocenters. The van der Waals surface area contributed by atoms with Gasteiger partial charge >= 0.3 is 0 Å².